The van der Waals surface area contributed by atoms with Gasteiger partial charge in [0.2, 0.25) is 5.91 Å². The normalized spacial score (nSPS) is 15.0. The summed E-state index contributed by atoms with van der Waals surface area (Å²) in [5.74, 6) is -0.120. The van der Waals surface area contributed by atoms with Crippen LogP contribution in [0, 0.1) is 18.7 Å². The zero-order chi connectivity index (χ0) is 23.8. The summed E-state index contributed by atoms with van der Waals surface area (Å²) >= 11 is 6.05. The highest BCUT2D eigenvalue weighted by molar-refractivity contribution is 6.33. The molecule has 0 aliphatic carbocycles. The Morgan fingerprint density at radius 3 is 2.42 bits per heavy atom. The summed E-state index contributed by atoms with van der Waals surface area (Å²) in [4.78, 5) is 18.6. The summed E-state index contributed by atoms with van der Waals surface area (Å²) in [5, 5.41) is 7.17. The van der Waals surface area contributed by atoms with Crippen LogP contribution in [-0.2, 0) is 11.0 Å². The zero-order valence-electron chi connectivity index (χ0n) is 17.5. The predicted molar refractivity (Wildman–Crippen MR) is 116 cm³/mol. The number of alkyl halides is 3. The van der Waals surface area contributed by atoms with E-state index in [9.17, 15) is 22.4 Å². The number of anilines is 2. The summed E-state index contributed by atoms with van der Waals surface area (Å²) in [5.41, 5.74) is 0.392. The summed E-state index contributed by atoms with van der Waals surface area (Å²) in [6, 6.07) is 8.35. The number of hydrogen-bond donors (Lipinski definition) is 1. The van der Waals surface area contributed by atoms with Crippen molar-refractivity contribution in [1.29, 1.82) is 0 Å². The monoisotopic (exact) mass is 481 g/mol. The molecule has 4 rings (SSSR count). The average molecular weight is 482 g/mol. The van der Waals surface area contributed by atoms with Crippen LogP contribution in [0.5, 0.6) is 0 Å². The maximum absolute atomic E-state index is 13.2. The van der Waals surface area contributed by atoms with Gasteiger partial charge in [0.25, 0.3) is 0 Å². The van der Waals surface area contributed by atoms with Crippen molar-refractivity contribution in [2.75, 3.05) is 23.3 Å². The molecule has 2 aromatic heterocycles. The summed E-state index contributed by atoms with van der Waals surface area (Å²) in [6.45, 7) is 2.63. The van der Waals surface area contributed by atoms with Crippen molar-refractivity contribution in [2.24, 2.45) is 5.92 Å². The number of nitrogens with one attached hydrogen (secondary N) is 1. The van der Waals surface area contributed by atoms with Gasteiger partial charge in [-0.2, -0.15) is 18.3 Å². The van der Waals surface area contributed by atoms with Gasteiger partial charge in [-0.25, -0.2) is 14.1 Å². The van der Waals surface area contributed by atoms with Crippen molar-refractivity contribution in [3.8, 4) is 5.69 Å². The Balaban J connectivity index is 1.41. The van der Waals surface area contributed by atoms with Gasteiger partial charge in [0.1, 0.15) is 17.5 Å². The highest BCUT2D eigenvalue weighted by Gasteiger charge is 2.33. The molecule has 1 aliphatic rings. The van der Waals surface area contributed by atoms with E-state index in [1.807, 2.05) is 0 Å². The van der Waals surface area contributed by atoms with Gasteiger partial charge < -0.3 is 10.2 Å². The van der Waals surface area contributed by atoms with E-state index >= 15 is 0 Å². The molecule has 3 heterocycles. The molecule has 11 heteroatoms. The lowest BCUT2D eigenvalue weighted by Crippen LogP contribution is -2.39. The van der Waals surface area contributed by atoms with Crippen LogP contribution in [0.25, 0.3) is 5.69 Å². The van der Waals surface area contributed by atoms with Crippen LogP contribution in [0.15, 0.2) is 42.6 Å². The lowest BCUT2D eigenvalue weighted by molar-refractivity contribution is -0.137. The Hall–Kier alpha value is -3.14. The van der Waals surface area contributed by atoms with E-state index < -0.39 is 11.7 Å². The highest BCUT2D eigenvalue weighted by Crippen LogP contribution is 2.34. The average Bonchev–Trinajstić information content (AvgIpc) is 3.13. The van der Waals surface area contributed by atoms with Crippen molar-refractivity contribution in [3.63, 3.8) is 0 Å². The van der Waals surface area contributed by atoms with Gasteiger partial charge >= 0.3 is 6.18 Å². The number of piperidine rings is 1. The van der Waals surface area contributed by atoms with Crippen molar-refractivity contribution in [1.82, 2.24) is 14.8 Å². The fourth-order valence-corrected chi connectivity index (χ4v) is 4.05. The maximum atomic E-state index is 13.2. The molecule has 174 valence electrons. The summed E-state index contributed by atoms with van der Waals surface area (Å²) in [7, 11) is 0. The number of hydrogen-bond acceptors (Lipinski definition) is 4. The molecule has 0 spiro atoms. The van der Waals surface area contributed by atoms with E-state index in [0.29, 0.717) is 43.1 Å². The second kappa shape index (κ2) is 9.01. The Morgan fingerprint density at radius 2 is 1.82 bits per heavy atom. The molecule has 0 saturated carbocycles. The van der Waals surface area contributed by atoms with Crippen molar-refractivity contribution >= 4 is 29.1 Å². The smallest absolute Gasteiger partial charge is 0.355 e. The van der Waals surface area contributed by atoms with Crippen LogP contribution >= 0.6 is 11.6 Å². The van der Waals surface area contributed by atoms with Gasteiger partial charge in [-0.15, -0.1) is 0 Å². The second-order valence-electron chi connectivity index (χ2n) is 7.84. The molecular formula is C22H20ClF4N5O. The van der Waals surface area contributed by atoms with Crippen LogP contribution in [0.3, 0.4) is 0 Å². The molecule has 1 amide bonds. The Morgan fingerprint density at radius 1 is 1.15 bits per heavy atom. The van der Waals surface area contributed by atoms with Gasteiger partial charge in [-0.3, -0.25) is 4.79 Å². The largest absolute Gasteiger partial charge is 0.417 e. The predicted octanol–water partition coefficient (Wildman–Crippen LogP) is 5.24. The molecule has 6 nitrogen and oxygen atoms in total. The minimum Gasteiger partial charge on any atom is -0.355 e. The molecule has 33 heavy (non-hydrogen) atoms. The number of nitrogens with zero attached hydrogens (tertiary/aromatic N) is 4. The van der Waals surface area contributed by atoms with Gasteiger partial charge in [-0.05, 0) is 50.1 Å². The Bertz CT molecular complexity index is 1150. The van der Waals surface area contributed by atoms with Gasteiger partial charge in [-0.1, -0.05) is 11.6 Å². The topological polar surface area (TPSA) is 63.1 Å². The van der Waals surface area contributed by atoms with Crippen molar-refractivity contribution in [3.05, 3.63) is 64.7 Å². The van der Waals surface area contributed by atoms with E-state index in [4.69, 9.17) is 11.6 Å². The SMILES string of the molecule is Cc1cc(NC(=O)C2CCN(c3ncc(C(F)(F)F)cc3Cl)CC2)n(-c2ccc(F)cc2)n1. The van der Waals surface area contributed by atoms with Crippen LogP contribution in [-0.4, -0.2) is 33.8 Å². The first-order chi connectivity index (χ1) is 15.6. The number of aryl methyl sites for hydroxylation is 1. The van der Waals surface area contributed by atoms with E-state index in [1.54, 1.807) is 30.0 Å². The van der Waals surface area contributed by atoms with Crippen molar-refractivity contribution in [2.45, 2.75) is 25.9 Å². The van der Waals surface area contributed by atoms with Gasteiger partial charge in [0.15, 0.2) is 0 Å². The quantitative estimate of drug-likeness (QED) is 0.517. The summed E-state index contributed by atoms with van der Waals surface area (Å²) < 4.78 is 53.3. The van der Waals surface area contributed by atoms with E-state index in [2.05, 4.69) is 15.4 Å². The van der Waals surface area contributed by atoms with Gasteiger partial charge in [0, 0.05) is 31.3 Å². The molecule has 3 aromatic rings. The number of halogens is 5. The van der Waals surface area contributed by atoms with E-state index in [-0.39, 0.29) is 28.5 Å². The first-order valence-electron chi connectivity index (χ1n) is 10.2. The minimum absolute atomic E-state index is 0.0774. The van der Waals surface area contributed by atoms with E-state index in [0.717, 1.165) is 12.3 Å². The third kappa shape index (κ3) is 5.11. The Labute approximate surface area is 192 Å². The molecule has 0 radical (unpaired) electrons. The molecule has 0 atom stereocenters. The number of amides is 1. The third-order valence-corrected chi connectivity index (χ3v) is 5.75. The zero-order valence-corrected chi connectivity index (χ0v) is 18.3. The lowest BCUT2D eigenvalue weighted by Gasteiger charge is -2.32. The van der Waals surface area contributed by atoms with E-state index in [1.165, 1.54) is 16.8 Å². The first-order valence-corrected chi connectivity index (χ1v) is 10.6. The lowest BCUT2D eigenvalue weighted by atomic mass is 9.96. The van der Waals surface area contributed by atoms with Crippen molar-refractivity contribution < 1.29 is 22.4 Å². The number of pyridine rings is 1. The number of benzene rings is 1. The third-order valence-electron chi connectivity index (χ3n) is 5.47. The van der Waals surface area contributed by atoms with Crippen LogP contribution < -0.4 is 10.2 Å². The molecular weight excluding hydrogens is 462 g/mol. The van der Waals surface area contributed by atoms with Crippen LogP contribution in [0.2, 0.25) is 5.02 Å². The maximum Gasteiger partial charge on any atom is 0.417 e. The van der Waals surface area contributed by atoms with Crippen LogP contribution in [0.1, 0.15) is 24.1 Å². The summed E-state index contributed by atoms with van der Waals surface area (Å²) in [6.07, 6.45) is -2.79. The fraction of sp³-hybridized carbons (Fsp3) is 0.318. The minimum atomic E-state index is -4.51. The molecule has 1 aliphatic heterocycles. The second-order valence-corrected chi connectivity index (χ2v) is 8.24. The number of aromatic nitrogens is 3. The number of carbonyl (C=O) groups excluding carboxylic acids is 1. The highest BCUT2D eigenvalue weighted by atomic mass is 35.5. The molecule has 1 N–H and O–H groups in total. The number of rotatable bonds is 4. The Kier molecular flexibility index (Phi) is 6.29. The van der Waals surface area contributed by atoms with Gasteiger partial charge in [0.05, 0.1) is 22.0 Å². The molecule has 1 saturated heterocycles. The molecule has 1 aromatic carbocycles. The fourth-order valence-electron chi connectivity index (χ4n) is 3.77. The first kappa shape index (κ1) is 23.0. The number of carbonyl (C=O) groups is 1. The molecule has 1 fully saturated rings. The van der Waals surface area contributed by atoms with Crippen LogP contribution in [0.4, 0.5) is 29.2 Å². The molecule has 0 bridgehead atoms. The standard InChI is InChI=1S/C22H20ClF4N5O/c1-13-10-19(32(30-13)17-4-2-16(24)3-5-17)29-21(33)14-6-8-31(9-7-14)20-18(23)11-15(12-28-20)22(25,26)27/h2-5,10-12,14H,6-9H2,1H3,(H,29,33). The molecule has 0 unspecified atom stereocenters.